The molecule has 0 spiro atoms. The molecule has 0 N–H and O–H groups in total. The Labute approximate surface area is 152 Å². The first-order valence-corrected chi connectivity index (χ1v) is 8.42. The van der Waals surface area contributed by atoms with Crippen LogP contribution in [0.3, 0.4) is 0 Å². The van der Waals surface area contributed by atoms with Crippen molar-refractivity contribution in [3.05, 3.63) is 66.9 Å². The first kappa shape index (κ1) is 16.1. The molecule has 0 atom stereocenters. The number of para-hydroxylation sites is 1. The summed E-state index contributed by atoms with van der Waals surface area (Å²) in [6.45, 7) is 0.0874. The van der Waals surface area contributed by atoms with Gasteiger partial charge in [0.15, 0.2) is 6.61 Å². The highest BCUT2D eigenvalue weighted by atomic mass is 16.5. The smallest absolute Gasteiger partial charge is 0.264 e. The van der Waals surface area contributed by atoms with E-state index in [1.807, 2.05) is 72.6 Å². The molecule has 0 fully saturated rings. The second kappa shape index (κ2) is 6.52. The van der Waals surface area contributed by atoms with Crippen molar-refractivity contribution in [2.75, 3.05) is 30.5 Å². The molecule has 2 aromatic carbocycles. The van der Waals surface area contributed by atoms with Crippen LogP contribution in [-0.4, -0.2) is 31.6 Å². The third kappa shape index (κ3) is 2.88. The van der Waals surface area contributed by atoms with Gasteiger partial charge in [-0.3, -0.25) is 4.79 Å². The van der Waals surface area contributed by atoms with Gasteiger partial charge in [-0.1, -0.05) is 24.3 Å². The van der Waals surface area contributed by atoms with E-state index in [2.05, 4.69) is 4.98 Å². The quantitative estimate of drug-likeness (QED) is 0.723. The number of rotatable bonds is 3. The number of ether oxygens (including phenoxy) is 1. The Hall–Kier alpha value is -3.34. The van der Waals surface area contributed by atoms with Crippen molar-refractivity contribution >= 4 is 23.1 Å². The lowest BCUT2D eigenvalue weighted by molar-refractivity contribution is -0.120. The maximum Gasteiger partial charge on any atom is 0.264 e. The summed E-state index contributed by atoms with van der Waals surface area (Å²) in [5.41, 5.74) is 3.90. The third-order valence-corrected chi connectivity index (χ3v) is 4.61. The van der Waals surface area contributed by atoms with E-state index in [-0.39, 0.29) is 12.5 Å². The molecule has 1 amide bonds. The Bertz CT molecular complexity index is 956. The molecule has 0 aliphatic carbocycles. The van der Waals surface area contributed by atoms with Gasteiger partial charge < -0.3 is 14.5 Å². The van der Waals surface area contributed by atoms with Crippen LogP contribution in [0.25, 0.3) is 11.1 Å². The van der Waals surface area contributed by atoms with E-state index in [1.54, 1.807) is 18.1 Å². The fourth-order valence-electron chi connectivity index (χ4n) is 3.02. The molecule has 4 rings (SSSR count). The van der Waals surface area contributed by atoms with E-state index in [4.69, 9.17) is 4.74 Å². The number of aromatic nitrogens is 1. The number of benzene rings is 2. The number of nitrogens with zero attached hydrogens (tertiary/aromatic N) is 3. The third-order valence-electron chi connectivity index (χ3n) is 4.61. The Morgan fingerprint density at radius 3 is 2.62 bits per heavy atom. The van der Waals surface area contributed by atoms with Crippen LogP contribution < -0.4 is 14.5 Å². The first-order chi connectivity index (χ1) is 12.6. The van der Waals surface area contributed by atoms with Crippen molar-refractivity contribution in [1.29, 1.82) is 0 Å². The van der Waals surface area contributed by atoms with Gasteiger partial charge in [-0.2, -0.15) is 0 Å². The molecule has 0 bridgehead atoms. The minimum absolute atomic E-state index is 0.0473. The molecule has 26 heavy (non-hydrogen) atoms. The van der Waals surface area contributed by atoms with Gasteiger partial charge in [-0.25, -0.2) is 4.98 Å². The lowest BCUT2D eigenvalue weighted by atomic mass is 10.0. The summed E-state index contributed by atoms with van der Waals surface area (Å²) in [5, 5.41) is 0. The molecular formula is C21H19N3O2. The van der Waals surface area contributed by atoms with Crippen LogP contribution in [0, 0.1) is 0 Å². The Kier molecular flexibility index (Phi) is 4.05. The first-order valence-electron chi connectivity index (χ1n) is 8.42. The Balaban J connectivity index is 1.70. The largest absolute Gasteiger partial charge is 0.482 e. The van der Waals surface area contributed by atoms with Gasteiger partial charge in [0.25, 0.3) is 5.91 Å². The van der Waals surface area contributed by atoms with Gasteiger partial charge in [-0.15, -0.1) is 0 Å². The highest BCUT2D eigenvalue weighted by Crippen LogP contribution is 2.36. The highest BCUT2D eigenvalue weighted by Gasteiger charge is 2.22. The average molecular weight is 345 g/mol. The lowest BCUT2D eigenvalue weighted by Gasteiger charge is -2.26. The van der Waals surface area contributed by atoms with Crippen LogP contribution in [0.2, 0.25) is 0 Å². The van der Waals surface area contributed by atoms with Gasteiger partial charge in [0.2, 0.25) is 0 Å². The summed E-state index contributed by atoms with van der Waals surface area (Å²) in [7, 11) is 3.77. The summed E-state index contributed by atoms with van der Waals surface area (Å²) in [5.74, 6) is 1.53. The van der Waals surface area contributed by atoms with Gasteiger partial charge in [0.05, 0.1) is 5.69 Å². The number of hydrogen-bond donors (Lipinski definition) is 0. The van der Waals surface area contributed by atoms with Crippen LogP contribution in [0.15, 0.2) is 66.9 Å². The van der Waals surface area contributed by atoms with Crippen LogP contribution in [0.4, 0.5) is 17.2 Å². The predicted octanol–water partition coefficient (Wildman–Crippen LogP) is 3.87. The summed E-state index contributed by atoms with van der Waals surface area (Å²) >= 11 is 0. The molecule has 3 aromatic rings. The summed E-state index contributed by atoms with van der Waals surface area (Å²) in [6.07, 6.45) is 1.80. The molecule has 5 nitrogen and oxygen atoms in total. The molecule has 0 unspecified atom stereocenters. The van der Waals surface area contributed by atoms with E-state index in [0.717, 1.165) is 34.1 Å². The molecule has 1 aliphatic heterocycles. The summed E-state index contributed by atoms with van der Waals surface area (Å²) in [6, 6.07) is 20.0. The van der Waals surface area contributed by atoms with Gasteiger partial charge in [0.1, 0.15) is 11.6 Å². The zero-order chi connectivity index (χ0) is 18.1. The number of carbonyl (C=O) groups is 1. The van der Waals surface area contributed by atoms with Crippen molar-refractivity contribution in [1.82, 2.24) is 4.98 Å². The Morgan fingerprint density at radius 2 is 1.81 bits per heavy atom. The normalized spacial score (nSPS) is 13.2. The second-order valence-corrected chi connectivity index (χ2v) is 6.22. The number of fused-ring (bicyclic) bond motifs is 1. The van der Waals surface area contributed by atoms with E-state index >= 15 is 0 Å². The van der Waals surface area contributed by atoms with Crippen molar-refractivity contribution in [2.24, 2.45) is 0 Å². The van der Waals surface area contributed by atoms with Crippen molar-refractivity contribution < 1.29 is 9.53 Å². The maximum atomic E-state index is 11.9. The van der Waals surface area contributed by atoms with Gasteiger partial charge >= 0.3 is 0 Å². The van der Waals surface area contributed by atoms with E-state index in [9.17, 15) is 4.79 Å². The van der Waals surface area contributed by atoms with Crippen LogP contribution >= 0.6 is 0 Å². The molecule has 0 radical (unpaired) electrons. The predicted molar refractivity (Wildman–Crippen MR) is 103 cm³/mol. The van der Waals surface area contributed by atoms with E-state index < -0.39 is 0 Å². The molecular weight excluding hydrogens is 326 g/mol. The molecule has 0 saturated heterocycles. The van der Waals surface area contributed by atoms with Gasteiger partial charge in [-0.05, 0) is 47.5 Å². The number of anilines is 3. The van der Waals surface area contributed by atoms with E-state index in [0.29, 0.717) is 0 Å². The average Bonchev–Trinajstić information content (AvgIpc) is 2.71. The SMILES string of the molecule is CN1C(=O)COc2ccc(-c3ccnc(N(C)c4ccccc4)c3)cc21. The number of amides is 1. The van der Waals surface area contributed by atoms with Crippen LogP contribution in [-0.2, 0) is 4.79 Å². The molecule has 0 saturated carbocycles. The van der Waals surface area contributed by atoms with Crippen molar-refractivity contribution in [3.63, 3.8) is 0 Å². The monoisotopic (exact) mass is 345 g/mol. The number of hydrogen-bond acceptors (Lipinski definition) is 4. The second-order valence-electron chi connectivity index (χ2n) is 6.22. The fraction of sp³-hybridized carbons (Fsp3) is 0.143. The van der Waals surface area contributed by atoms with Crippen molar-refractivity contribution in [2.45, 2.75) is 0 Å². The maximum absolute atomic E-state index is 11.9. The minimum atomic E-state index is -0.0473. The topological polar surface area (TPSA) is 45.7 Å². The molecule has 2 heterocycles. The zero-order valence-corrected chi connectivity index (χ0v) is 14.7. The summed E-state index contributed by atoms with van der Waals surface area (Å²) in [4.78, 5) is 20.1. The molecule has 1 aliphatic rings. The molecule has 1 aromatic heterocycles. The van der Waals surface area contributed by atoms with E-state index in [1.165, 1.54) is 0 Å². The fourth-order valence-corrected chi connectivity index (χ4v) is 3.02. The lowest BCUT2D eigenvalue weighted by Crippen LogP contribution is -2.35. The highest BCUT2D eigenvalue weighted by molar-refractivity contribution is 5.98. The van der Waals surface area contributed by atoms with Crippen molar-refractivity contribution in [3.8, 4) is 16.9 Å². The van der Waals surface area contributed by atoms with Gasteiger partial charge in [0, 0.05) is 26.0 Å². The molecule has 5 heteroatoms. The number of carbonyl (C=O) groups excluding carboxylic acids is 1. The zero-order valence-electron chi connectivity index (χ0n) is 14.7. The standard InChI is InChI=1S/C21H19N3O2/c1-23(17-6-4-3-5-7-17)20-13-16(10-11-22-20)15-8-9-19-18(12-15)24(2)21(25)14-26-19/h3-13H,14H2,1-2H3. The summed E-state index contributed by atoms with van der Waals surface area (Å²) < 4.78 is 5.51. The number of likely N-dealkylation sites (N-methyl/N-ethyl adjacent to an activating group) is 1. The Morgan fingerprint density at radius 1 is 1.04 bits per heavy atom. The molecule has 130 valence electrons. The number of pyridine rings is 1. The van der Waals surface area contributed by atoms with Crippen LogP contribution in [0.5, 0.6) is 5.75 Å². The minimum Gasteiger partial charge on any atom is -0.482 e. The van der Waals surface area contributed by atoms with Crippen LogP contribution in [0.1, 0.15) is 0 Å².